The lowest BCUT2D eigenvalue weighted by Crippen LogP contribution is -2.55. The second kappa shape index (κ2) is 5.65. The van der Waals surface area contributed by atoms with Crippen LogP contribution in [0.15, 0.2) is 0 Å². The van der Waals surface area contributed by atoms with Gasteiger partial charge in [0.2, 0.25) is 0 Å². The highest BCUT2D eigenvalue weighted by Crippen LogP contribution is 2.21. The van der Waals surface area contributed by atoms with Gasteiger partial charge < -0.3 is 15.7 Å². The fourth-order valence-corrected chi connectivity index (χ4v) is 2.92. The van der Waals surface area contributed by atoms with Crippen molar-refractivity contribution in [2.45, 2.75) is 44.2 Å². The highest BCUT2D eigenvalue weighted by molar-refractivity contribution is 4.86. The van der Waals surface area contributed by atoms with E-state index in [2.05, 4.69) is 9.80 Å². The minimum absolute atomic E-state index is 0.358. The van der Waals surface area contributed by atoms with Crippen molar-refractivity contribution in [1.29, 1.82) is 0 Å². The summed E-state index contributed by atoms with van der Waals surface area (Å²) in [4.78, 5) is 5.14. The Hall–Kier alpha value is -0.160. The molecule has 4 heteroatoms. The van der Waals surface area contributed by atoms with Crippen LogP contribution in [0.3, 0.4) is 0 Å². The Kier molecular flexibility index (Phi) is 4.42. The van der Waals surface area contributed by atoms with E-state index >= 15 is 0 Å². The van der Waals surface area contributed by atoms with Gasteiger partial charge in [-0.1, -0.05) is 6.42 Å². The van der Waals surface area contributed by atoms with Crippen molar-refractivity contribution in [2.75, 3.05) is 39.3 Å². The number of piperazine rings is 1. The summed E-state index contributed by atoms with van der Waals surface area (Å²) in [7, 11) is 0. The van der Waals surface area contributed by atoms with Gasteiger partial charge in [-0.25, -0.2) is 0 Å². The van der Waals surface area contributed by atoms with Crippen molar-refractivity contribution in [3.05, 3.63) is 0 Å². The molecule has 0 aromatic rings. The van der Waals surface area contributed by atoms with Gasteiger partial charge in [0.1, 0.15) is 0 Å². The zero-order valence-corrected chi connectivity index (χ0v) is 11.1. The molecule has 0 aromatic heterocycles. The third kappa shape index (κ3) is 3.65. The predicted octanol–water partition coefficient (Wildman–Crippen LogP) is 0.256. The smallest absolute Gasteiger partial charge is 0.0753 e. The third-order valence-electron chi connectivity index (χ3n) is 4.33. The van der Waals surface area contributed by atoms with Crippen LogP contribution in [0.4, 0.5) is 0 Å². The standard InChI is InChI=1S/C13H27N3O/c1-13(17,11-14)5-7-15-8-9-16-6-3-2-4-12(16)10-15/h12,17H,2-11,14H2,1H3. The van der Waals surface area contributed by atoms with E-state index in [1.165, 1.54) is 38.9 Å². The second-order valence-corrected chi connectivity index (χ2v) is 5.94. The van der Waals surface area contributed by atoms with Gasteiger partial charge in [0.25, 0.3) is 0 Å². The molecule has 2 rings (SSSR count). The molecule has 2 saturated heterocycles. The summed E-state index contributed by atoms with van der Waals surface area (Å²) < 4.78 is 0. The third-order valence-corrected chi connectivity index (χ3v) is 4.33. The molecule has 17 heavy (non-hydrogen) atoms. The summed E-state index contributed by atoms with van der Waals surface area (Å²) in [5, 5.41) is 9.92. The van der Waals surface area contributed by atoms with Crippen LogP contribution >= 0.6 is 0 Å². The first-order chi connectivity index (χ1) is 8.11. The van der Waals surface area contributed by atoms with Crippen molar-refractivity contribution in [2.24, 2.45) is 5.73 Å². The van der Waals surface area contributed by atoms with Crippen LogP contribution < -0.4 is 5.73 Å². The van der Waals surface area contributed by atoms with Gasteiger partial charge in [-0.05, 0) is 32.7 Å². The van der Waals surface area contributed by atoms with Crippen molar-refractivity contribution in [3.63, 3.8) is 0 Å². The number of nitrogens with zero attached hydrogens (tertiary/aromatic N) is 2. The monoisotopic (exact) mass is 241 g/mol. The molecule has 2 aliphatic heterocycles. The molecule has 3 N–H and O–H groups in total. The Balaban J connectivity index is 1.76. The number of hydrogen-bond donors (Lipinski definition) is 2. The average Bonchev–Trinajstić information content (AvgIpc) is 2.36. The van der Waals surface area contributed by atoms with Crippen molar-refractivity contribution in [1.82, 2.24) is 9.80 Å². The highest BCUT2D eigenvalue weighted by atomic mass is 16.3. The topological polar surface area (TPSA) is 52.7 Å². The van der Waals surface area contributed by atoms with Crippen molar-refractivity contribution < 1.29 is 5.11 Å². The highest BCUT2D eigenvalue weighted by Gasteiger charge is 2.29. The fraction of sp³-hybridized carbons (Fsp3) is 1.00. The molecule has 2 aliphatic rings. The van der Waals surface area contributed by atoms with Gasteiger partial charge in [0, 0.05) is 38.8 Å². The molecular formula is C13H27N3O. The summed E-state index contributed by atoms with van der Waals surface area (Å²) in [5.74, 6) is 0. The van der Waals surface area contributed by atoms with Gasteiger partial charge >= 0.3 is 0 Å². The van der Waals surface area contributed by atoms with Crippen LogP contribution in [0, 0.1) is 0 Å². The molecular weight excluding hydrogens is 214 g/mol. The van der Waals surface area contributed by atoms with E-state index in [0.29, 0.717) is 6.54 Å². The summed E-state index contributed by atoms with van der Waals surface area (Å²) in [5.41, 5.74) is 4.86. The molecule has 0 saturated carbocycles. The molecule has 4 nitrogen and oxygen atoms in total. The van der Waals surface area contributed by atoms with Crippen LogP contribution in [0.1, 0.15) is 32.6 Å². The molecule has 0 spiro atoms. The van der Waals surface area contributed by atoms with E-state index in [-0.39, 0.29) is 0 Å². The fourth-order valence-electron chi connectivity index (χ4n) is 2.92. The lowest BCUT2D eigenvalue weighted by atomic mass is 9.98. The number of fused-ring (bicyclic) bond motifs is 1. The average molecular weight is 241 g/mol. The Morgan fingerprint density at radius 3 is 2.88 bits per heavy atom. The van der Waals surface area contributed by atoms with Gasteiger partial charge in [0.05, 0.1) is 5.60 Å². The Morgan fingerprint density at radius 2 is 2.12 bits per heavy atom. The summed E-state index contributed by atoms with van der Waals surface area (Å²) in [6.07, 6.45) is 4.90. The molecule has 0 bridgehead atoms. The number of piperidine rings is 1. The molecule has 0 amide bonds. The summed E-state index contributed by atoms with van der Waals surface area (Å²) in [6, 6.07) is 0.764. The lowest BCUT2D eigenvalue weighted by molar-refractivity contribution is 0.0177. The Bertz CT molecular complexity index is 245. The van der Waals surface area contributed by atoms with Crippen LogP contribution in [0.2, 0.25) is 0 Å². The summed E-state index contributed by atoms with van der Waals surface area (Å²) in [6.45, 7) is 8.00. The maximum Gasteiger partial charge on any atom is 0.0753 e. The van der Waals surface area contributed by atoms with Gasteiger partial charge in [-0.3, -0.25) is 4.90 Å². The van der Waals surface area contributed by atoms with E-state index in [0.717, 1.165) is 25.6 Å². The predicted molar refractivity (Wildman–Crippen MR) is 69.9 cm³/mol. The van der Waals surface area contributed by atoms with E-state index < -0.39 is 5.60 Å². The maximum atomic E-state index is 9.92. The quantitative estimate of drug-likeness (QED) is 0.741. The largest absolute Gasteiger partial charge is 0.389 e. The molecule has 2 unspecified atom stereocenters. The molecule has 100 valence electrons. The van der Waals surface area contributed by atoms with E-state index in [1.807, 2.05) is 6.92 Å². The van der Waals surface area contributed by atoms with Gasteiger partial charge in [-0.2, -0.15) is 0 Å². The first-order valence-corrected chi connectivity index (χ1v) is 6.99. The van der Waals surface area contributed by atoms with E-state index in [1.54, 1.807) is 0 Å². The first-order valence-electron chi connectivity index (χ1n) is 6.99. The van der Waals surface area contributed by atoms with Crippen LogP contribution in [-0.2, 0) is 0 Å². The Labute approximate surface area is 105 Å². The van der Waals surface area contributed by atoms with Crippen LogP contribution in [0.25, 0.3) is 0 Å². The lowest BCUT2D eigenvalue weighted by Gasteiger charge is -2.44. The minimum Gasteiger partial charge on any atom is -0.389 e. The zero-order chi connectivity index (χ0) is 12.3. The molecule has 2 atom stereocenters. The van der Waals surface area contributed by atoms with Crippen LogP contribution in [0.5, 0.6) is 0 Å². The maximum absolute atomic E-state index is 9.92. The second-order valence-electron chi connectivity index (χ2n) is 5.94. The van der Waals surface area contributed by atoms with E-state index in [9.17, 15) is 5.11 Å². The molecule has 0 aliphatic carbocycles. The first kappa shape index (κ1) is 13.3. The number of aliphatic hydroxyl groups is 1. The Morgan fingerprint density at radius 1 is 1.29 bits per heavy atom. The zero-order valence-electron chi connectivity index (χ0n) is 11.1. The summed E-state index contributed by atoms with van der Waals surface area (Å²) >= 11 is 0. The minimum atomic E-state index is -0.691. The number of hydrogen-bond acceptors (Lipinski definition) is 4. The molecule has 0 aromatic carbocycles. The van der Waals surface area contributed by atoms with Gasteiger partial charge in [-0.15, -0.1) is 0 Å². The van der Waals surface area contributed by atoms with Crippen molar-refractivity contribution in [3.8, 4) is 0 Å². The number of rotatable bonds is 4. The van der Waals surface area contributed by atoms with Crippen LogP contribution in [-0.4, -0.2) is 65.8 Å². The SMILES string of the molecule is CC(O)(CN)CCN1CCN2CCCCC2C1. The molecule has 0 radical (unpaired) electrons. The van der Waals surface area contributed by atoms with Crippen molar-refractivity contribution >= 4 is 0 Å². The molecule has 2 fully saturated rings. The number of nitrogens with two attached hydrogens (primary N) is 1. The molecule has 2 heterocycles. The van der Waals surface area contributed by atoms with E-state index in [4.69, 9.17) is 5.73 Å². The van der Waals surface area contributed by atoms with Gasteiger partial charge in [0.15, 0.2) is 0 Å². The normalized spacial score (nSPS) is 30.9.